The Hall–Kier alpha value is -1.89. The maximum atomic E-state index is 10.7. The SMILES string of the molecule is CC.CC.CC/C=C\C/C=C\C/C=C\C/C=C\C/C=C\C/C=C\CC(C)=O. The number of hydrogen-bond acceptors (Lipinski definition) is 1. The lowest BCUT2D eigenvalue weighted by Crippen LogP contribution is -1.83. The molecule has 0 bridgehead atoms. The Bertz CT molecular complexity index is 445. The van der Waals surface area contributed by atoms with Crippen molar-refractivity contribution in [3.05, 3.63) is 72.9 Å². The van der Waals surface area contributed by atoms with E-state index < -0.39 is 0 Å². The Labute approximate surface area is 170 Å². The van der Waals surface area contributed by atoms with Crippen molar-refractivity contribution in [3.63, 3.8) is 0 Å². The molecule has 0 unspecified atom stereocenters. The first-order chi connectivity index (χ1) is 13.3. The van der Waals surface area contributed by atoms with Crippen molar-refractivity contribution in [2.75, 3.05) is 0 Å². The van der Waals surface area contributed by atoms with Gasteiger partial charge < -0.3 is 0 Å². The molecule has 0 aliphatic rings. The van der Waals surface area contributed by atoms with E-state index in [1.807, 2.05) is 39.8 Å². The summed E-state index contributed by atoms with van der Waals surface area (Å²) in [6, 6.07) is 0. The zero-order valence-corrected chi connectivity index (χ0v) is 18.8. The second-order valence-corrected chi connectivity index (χ2v) is 5.32. The van der Waals surface area contributed by atoms with Gasteiger partial charge in [0.1, 0.15) is 5.78 Å². The van der Waals surface area contributed by atoms with Gasteiger partial charge in [-0.1, -0.05) is 108 Å². The highest BCUT2D eigenvalue weighted by atomic mass is 16.1. The van der Waals surface area contributed by atoms with Gasteiger partial charge in [0.2, 0.25) is 0 Å². The van der Waals surface area contributed by atoms with Crippen molar-refractivity contribution >= 4 is 5.78 Å². The van der Waals surface area contributed by atoms with E-state index >= 15 is 0 Å². The van der Waals surface area contributed by atoms with E-state index in [4.69, 9.17) is 0 Å². The maximum absolute atomic E-state index is 10.7. The lowest BCUT2D eigenvalue weighted by molar-refractivity contribution is -0.116. The fraction of sp³-hybridized carbons (Fsp3) is 0.500. The van der Waals surface area contributed by atoms with E-state index in [1.54, 1.807) is 6.92 Å². The lowest BCUT2D eigenvalue weighted by atomic mass is 10.2. The first kappa shape index (κ1) is 29.9. The van der Waals surface area contributed by atoms with E-state index in [-0.39, 0.29) is 5.78 Å². The van der Waals surface area contributed by atoms with Gasteiger partial charge in [0.25, 0.3) is 0 Å². The lowest BCUT2D eigenvalue weighted by Gasteiger charge is -1.86. The smallest absolute Gasteiger partial charge is 0.133 e. The van der Waals surface area contributed by atoms with E-state index in [0.717, 1.165) is 38.5 Å². The summed E-state index contributed by atoms with van der Waals surface area (Å²) in [7, 11) is 0. The van der Waals surface area contributed by atoms with Gasteiger partial charge in [0, 0.05) is 6.42 Å². The molecule has 0 spiro atoms. The molecule has 0 aliphatic carbocycles. The molecule has 0 aromatic carbocycles. The number of allylic oxidation sites excluding steroid dienone is 12. The minimum Gasteiger partial charge on any atom is -0.300 e. The van der Waals surface area contributed by atoms with Gasteiger partial charge in [-0.15, -0.1) is 0 Å². The fourth-order valence-electron chi connectivity index (χ4n) is 1.77. The van der Waals surface area contributed by atoms with Gasteiger partial charge in [-0.2, -0.15) is 0 Å². The molecule has 0 fully saturated rings. The third-order valence-corrected chi connectivity index (χ3v) is 3.00. The van der Waals surface area contributed by atoms with Crippen LogP contribution in [0.25, 0.3) is 0 Å². The highest BCUT2D eigenvalue weighted by Gasteiger charge is 1.83. The van der Waals surface area contributed by atoms with Crippen LogP contribution in [-0.2, 0) is 4.79 Å². The van der Waals surface area contributed by atoms with Crippen LogP contribution in [0.3, 0.4) is 0 Å². The zero-order valence-electron chi connectivity index (χ0n) is 18.8. The van der Waals surface area contributed by atoms with Crippen molar-refractivity contribution in [1.82, 2.24) is 0 Å². The number of rotatable bonds is 13. The van der Waals surface area contributed by atoms with Crippen LogP contribution in [0, 0.1) is 0 Å². The molecule has 0 saturated carbocycles. The Kier molecular flexibility index (Phi) is 35.2. The Balaban J connectivity index is -0.00000134. The second kappa shape index (κ2) is 31.8. The van der Waals surface area contributed by atoms with Crippen LogP contribution in [-0.4, -0.2) is 5.78 Å². The number of carbonyl (C=O) groups is 1. The molecule has 0 saturated heterocycles. The molecule has 0 aliphatic heterocycles. The van der Waals surface area contributed by atoms with Gasteiger partial charge in [-0.05, 0) is 45.4 Å². The van der Waals surface area contributed by atoms with Gasteiger partial charge >= 0.3 is 0 Å². The van der Waals surface area contributed by atoms with E-state index in [0.29, 0.717) is 6.42 Å². The average Bonchev–Trinajstić information content (AvgIpc) is 2.70. The number of Topliss-reactive ketones (excluding diaryl/α,β-unsaturated/α-hetero) is 1. The van der Waals surface area contributed by atoms with E-state index in [9.17, 15) is 4.79 Å². The largest absolute Gasteiger partial charge is 0.300 e. The Morgan fingerprint density at radius 2 is 0.778 bits per heavy atom. The number of hydrogen-bond donors (Lipinski definition) is 0. The van der Waals surface area contributed by atoms with Crippen LogP contribution in [0.1, 0.15) is 86.5 Å². The predicted octanol–water partition coefficient (Wildman–Crippen LogP) is 8.72. The molecule has 0 N–H and O–H groups in total. The monoisotopic (exact) mass is 372 g/mol. The first-order valence-corrected chi connectivity index (χ1v) is 10.7. The minimum absolute atomic E-state index is 0.213. The molecule has 27 heavy (non-hydrogen) atoms. The summed E-state index contributed by atoms with van der Waals surface area (Å²) in [5.74, 6) is 0.213. The van der Waals surface area contributed by atoms with Crippen LogP contribution < -0.4 is 0 Å². The summed E-state index contributed by atoms with van der Waals surface area (Å²) in [4.78, 5) is 10.7. The summed E-state index contributed by atoms with van der Waals surface area (Å²) >= 11 is 0. The number of ketones is 1. The van der Waals surface area contributed by atoms with Crippen LogP contribution in [0.4, 0.5) is 0 Å². The summed E-state index contributed by atoms with van der Waals surface area (Å²) in [5.41, 5.74) is 0. The highest BCUT2D eigenvalue weighted by molar-refractivity contribution is 5.76. The maximum Gasteiger partial charge on any atom is 0.133 e. The first-order valence-electron chi connectivity index (χ1n) is 10.7. The molecule has 0 rings (SSSR count). The van der Waals surface area contributed by atoms with Crippen LogP contribution in [0.15, 0.2) is 72.9 Å². The Morgan fingerprint density at radius 3 is 1.04 bits per heavy atom. The summed E-state index contributed by atoms with van der Waals surface area (Å²) in [6.45, 7) is 11.8. The summed E-state index contributed by atoms with van der Waals surface area (Å²) in [5, 5.41) is 0. The number of carbonyl (C=O) groups excluding carboxylic acids is 1. The summed E-state index contributed by atoms with van der Waals surface area (Å²) < 4.78 is 0. The molecule has 154 valence electrons. The zero-order chi connectivity index (χ0) is 21.0. The molecular formula is C26H44O. The normalized spacial score (nSPS) is 11.6. The molecule has 0 heterocycles. The van der Waals surface area contributed by atoms with Crippen molar-refractivity contribution < 1.29 is 4.79 Å². The third-order valence-electron chi connectivity index (χ3n) is 3.00. The van der Waals surface area contributed by atoms with E-state index in [1.165, 1.54) is 0 Å². The highest BCUT2D eigenvalue weighted by Crippen LogP contribution is 1.96. The molecule has 0 aromatic rings. The molecule has 0 atom stereocenters. The molecule has 0 radical (unpaired) electrons. The minimum atomic E-state index is 0.213. The van der Waals surface area contributed by atoms with Crippen molar-refractivity contribution in [1.29, 1.82) is 0 Å². The van der Waals surface area contributed by atoms with E-state index in [2.05, 4.69) is 67.7 Å². The van der Waals surface area contributed by atoms with Gasteiger partial charge in [-0.25, -0.2) is 0 Å². The molecule has 1 heteroatoms. The topological polar surface area (TPSA) is 17.1 Å². The molecule has 0 amide bonds. The average molecular weight is 373 g/mol. The standard InChI is InChI=1S/C22H32O.2C2H6/c1-3-4-5-6-7-8-9-10-11-12-13-14-15-16-17-18-19-20-21-22(2)23;2*1-2/h4-5,7-8,10-11,13-14,16-17,19-20H,3,6,9,12,15,18,21H2,1-2H3;2*1-2H3/b5-4-,8-7-,11-10-,14-13-,17-16-,20-19-;;. The Morgan fingerprint density at radius 1 is 0.519 bits per heavy atom. The fourth-order valence-corrected chi connectivity index (χ4v) is 1.77. The van der Waals surface area contributed by atoms with Crippen LogP contribution in [0.5, 0.6) is 0 Å². The van der Waals surface area contributed by atoms with Gasteiger partial charge in [-0.3, -0.25) is 4.79 Å². The second-order valence-electron chi connectivity index (χ2n) is 5.32. The molecular weight excluding hydrogens is 328 g/mol. The molecule has 1 nitrogen and oxygen atoms in total. The van der Waals surface area contributed by atoms with Crippen molar-refractivity contribution in [2.45, 2.75) is 86.5 Å². The quantitative estimate of drug-likeness (QED) is 0.295. The van der Waals surface area contributed by atoms with Crippen LogP contribution in [0.2, 0.25) is 0 Å². The van der Waals surface area contributed by atoms with Gasteiger partial charge in [0.05, 0.1) is 0 Å². The van der Waals surface area contributed by atoms with Crippen molar-refractivity contribution in [3.8, 4) is 0 Å². The molecule has 0 aromatic heterocycles. The van der Waals surface area contributed by atoms with Crippen LogP contribution >= 0.6 is 0 Å². The van der Waals surface area contributed by atoms with Crippen molar-refractivity contribution in [2.24, 2.45) is 0 Å². The van der Waals surface area contributed by atoms with Gasteiger partial charge in [0.15, 0.2) is 0 Å². The summed E-state index contributed by atoms with van der Waals surface area (Å²) in [6.07, 6.45) is 32.5. The third kappa shape index (κ3) is 35.9. The predicted molar refractivity (Wildman–Crippen MR) is 126 cm³/mol.